The number of cyclic esters (lactones) is 1. The lowest BCUT2D eigenvalue weighted by molar-refractivity contribution is -0.136. The molecule has 2 aliphatic rings. The fourth-order valence-corrected chi connectivity index (χ4v) is 5.80. The van der Waals surface area contributed by atoms with Crippen LogP contribution in [0.25, 0.3) is 5.76 Å². The molecule has 0 unspecified atom stereocenters. The Labute approximate surface area is 229 Å². The number of methoxy groups -OCH3 is 1. The molecule has 0 amide bonds. The Kier molecular flexibility index (Phi) is 6.64. The van der Waals surface area contributed by atoms with Crippen molar-refractivity contribution in [2.24, 2.45) is 0 Å². The number of nitrogens with zero attached hydrogens (tertiary/aromatic N) is 2. The lowest BCUT2D eigenvalue weighted by Gasteiger charge is -2.30. The molecule has 6 heteroatoms. The van der Waals surface area contributed by atoms with Gasteiger partial charge in [-0.1, -0.05) is 65.7 Å². The maximum atomic E-state index is 13.8. The van der Waals surface area contributed by atoms with E-state index >= 15 is 0 Å². The first-order valence-corrected chi connectivity index (χ1v) is 12.9. The van der Waals surface area contributed by atoms with E-state index in [2.05, 4.69) is 65.8 Å². The third kappa shape index (κ3) is 4.42. The lowest BCUT2D eigenvalue weighted by atomic mass is 10.00. The summed E-state index contributed by atoms with van der Waals surface area (Å²) in [4.78, 5) is 31.1. The van der Waals surface area contributed by atoms with Gasteiger partial charge in [-0.25, -0.2) is 9.59 Å². The second-order valence-corrected chi connectivity index (χ2v) is 10.2. The van der Waals surface area contributed by atoms with Crippen molar-refractivity contribution in [3.63, 3.8) is 0 Å². The second kappa shape index (κ2) is 9.95. The van der Waals surface area contributed by atoms with E-state index in [4.69, 9.17) is 9.47 Å². The molecule has 0 atom stereocenters. The van der Waals surface area contributed by atoms with Crippen LogP contribution >= 0.6 is 0 Å². The number of anilines is 2. The first-order valence-electron chi connectivity index (χ1n) is 12.9. The summed E-state index contributed by atoms with van der Waals surface area (Å²) < 4.78 is 11.0. The lowest BCUT2D eigenvalue weighted by Crippen LogP contribution is -2.29. The molecule has 0 saturated heterocycles. The van der Waals surface area contributed by atoms with Crippen molar-refractivity contribution >= 4 is 29.1 Å². The molecule has 0 bridgehead atoms. The van der Waals surface area contributed by atoms with Crippen molar-refractivity contribution < 1.29 is 19.1 Å². The predicted octanol–water partition coefficient (Wildman–Crippen LogP) is 6.69. The Morgan fingerprint density at radius 3 is 1.64 bits per heavy atom. The predicted molar refractivity (Wildman–Crippen MR) is 154 cm³/mol. The molecule has 2 aliphatic heterocycles. The minimum absolute atomic E-state index is 0.104. The Hall–Kier alpha value is -4.58. The van der Waals surface area contributed by atoms with Gasteiger partial charge in [0, 0.05) is 18.0 Å². The number of carbonyl (C=O) groups excluding carboxylic acids is 2. The Bertz CT molecular complexity index is 1500. The number of carbonyl (C=O) groups is 2. The molecule has 6 nitrogen and oxygen atoms in total. The standard InChI is InChI=1S/C33H32N2O4/c1-19-15-21(3)28(22(4)16-19)34-13-14-35(29-23(5)17-20(2)18-24(29)6)31(34)27-26(32(36)38-7)30(39-33(27)37)25-11-9-8-10-12-25/h8-18H,1-7H3. The zero-order valence-electron chi connectivity index (χ0n) is 23.4. The normalized spacial score (nSPS) is 15.0. The van der Waals surface area contributed by atoms with Crippen LogP contribution in [0.15, 0.2) is 84.0 Å². The third-order valence-corrected chi connectivity index (χ3v) is 7.10. The highest BCUT2D eigenvalue weighted by molar-refractivity contribution is 6.18. The van der Waals surface area contributed by atoms with E-state index < -0.39 is 11.9 Å². The summed E-state index contributed by atoms with van der Waals surface area (Å²) in [5.74, 6) is -0.524. The molecule has 3 aromatic carbocycles. The summed E-state index contributed by atoms with van der Waals surface area (Å²) in [5.41, 5.74) is 9.25. The van der Waals surface area contributed by atoms with Crippen molar-refractivity contribution in [1.29, 1.82) is 0 Å². The van der Waals surface area contributed by atoms with Gasteiger partial charge in [-0.2, -0.15) is 0 Å². The molecule has 2 heterocycles. The number of esters is 2. The summed E-state index contributed by atoms with van der Waals surface area (Å²) in [6, 6.07) is 17.6. The van der Waals surface area contributed by atoms with E-state index in [-0.39, 0.29) is 16.9 Å². The van der Waals surface area contributed by atoms with Crippen LogP contribution in [-0.4, -0.2) is 19.0 Å². The van der Waals surface area contributed by atoms with Gasteiger partial charge in [-0.05, 0) is 63.8 Å². The second-order valence-electron chi connectivity index (χ2n) is 10.2. The smallest absolute Gasteiger partial charge is 0.348 e. The van der Waals surface area contributed by atoms with Gasteiger partial charge in [0.1, 0.15) is 17.0 Å². The van der Waals surface area contributed by atoms with Crippen molar-refractivity contribution in [3.05, 3.63) is 123 Å². The molecule has 0 N–H and O–H groups in total. The molecular weight excluding hydrogens is 488 g/mol. The number of rotatable bonds is 4. The maximum absolute atomic E-state index is 13.8. The number of hydrogen-bond donors (Lipinski definition) is 0. The van der Waals surface area contributed by atoms with Crippen LogP contribution in [-0.2, 0) is 19.1 Å². The summed E-state index contributed by atoms with van der Waals surface area (Å²) in [7, 11) is 1.31. The van der Waals surface area contributed by atoms with Crippen LogP contribution in [0.1, 0.15) is 38.9 Å². The summed E-state index contributed by atoms with van der Waals surface area (Å²) in [5, 5.41) is 0. The Balaban J connectivity index is 1.86. The molecule has 3 aromatic rings. The molecule has 5 rings (SSSR count). The van der Waals surface area contributed by atoms with Crippen molar-refractivity contribution in [3.8, 4) is 0 Å². The van der Waals surface area contributed by atoms with Crippen molar-refractivity contribution in [2.45, 2.75) is 41.5 Å². The monoisotopic (exact) mass is 520 g/mol. The minimum atomic E-state index is -0.635. The van der Waals surface area contributed by atoms with Crippen LogP contribution in [0.4, 0.5) is 11.4 Å². The average Bonchev–Trinajstić information content (AvgIpc) is 3.43. The highest BCUT2D eigenvalue weighted by Gasteiger charge is 2.43. The molecule has 0 aliphatic carbocycles. The number of hydrogen-bond acceptors (Lipinski definition) is 6. The molecular formula is C33H32N2O4. The molecule has 0 radical (unpaired) electrons. The fourth-order valence-electron chi connectivity index (χ4n) is 5.80. The molecule has 0 saturated carbocycles. The Morgan fingerprint density at radius 1 is 0.744 bits per heavy atom. The largest absolute Gasteiger partial charge is 0.465 e. The van der Waals surface area contributed by atoms with E-state index in [0.717, 1.165) is 44.8 Å². The van der Waals surface area contributed by atoms with Crippen LogP contribution in [0.3, 0.4) is 0 Å². The topological polar surface area (TPSA) is 59.1 Å². The van der Waals surface area contributed by atoms with Gasteiger partial charge < -0.3 is 19.3 Å². The fraction of sp³-hybridized carbons (Fsp3) is 0.212. The highest BCUT2D eigenvalue weighted by atomic mass is 16.6. The maximum Gasteiger partial charge on any atom is 0.348 e. The summed E-state index contributed by atoms with van der Waals surface area (Å²) in [6.07, 6.45) is 3.88. The number of benzene rings is 3. The van der Waals surface area contributed by atoms with Gasteiger partial charge >= 0.3 is 11.9 Å². The van der Waals surface area contributed by atoms with Gasteiger partial charge in [-0.15, -0.1) is 0 Å². The quantitative estimate of drug-likeness (QED) is 0.282. The van der Waals surface area contributed by atoms with E-state index in [1.807, 2.05) is 52.5 Å². The molecule has 0 aromatic heterocycles. The molecule has 0 fully saturated rings. The first-order chi connectivity index (χ1) is 18.6. The van der Waals surface area contributed by atoms with E-state index in [0.29, 0.717) is 11.4 Å². The van der Waals surface area contributed by atoms with Crippen LogP contribution in [0, 0.1) is 41.5 Å². The average molecular weight is 521 g/mol. The van der Waals surface area contributed by atoms with Gasteiger partial charge in [-0.3, -0.25) is 0 Å². The minimum Gasteiger partial charge on any atom is -0.465 e. The van der Waals surface area contributed by atoms with E-state index in [1.54, 1.807) is 0 Å². The van der Waals surface area contributed by atoms with Crippen LogP contribution in [0.2, 0.25) is 0 Å². The van der Waals surface area contributed by atoms with Crippen LogP contribution < -0.4 is 9.80 Å². The molecule has 39 heavy (non-hydrogen) atoms. The summed E-state index contributed by atoms with van der Waals surface area (Å²) in [6.45, 7) is 12.3. The highest BCUT2D eigenvalue weighted by Crippen LogP contribution is 2.44. The van der Waals surface area contributed by atoms with Gasteiger partial charge in [0.25, 0.3) is 0 Å². The molecule has 198 valence electrons. The first kappa shape index (κ1) is 26.0. The van der Waals surface area contributed by atoms with Gasteiger partial charge in [0.05, 0.1) is 18.5 Å². The van der Waals surface area contributed by atoms with Crippen molar-refractivity contribution in [2.75, 3.05) is 16.9 Å². The SMILES string of the molecule is COC(=O)C1=C(c2ccccc2)OC(=O)C1=C1N(c2c(C)cc(C)cc2C)C=CN1c1c(C)cc(C)cc1C. The zero-order valence-corrected chi connectivity index (χ0v) is 23.4. The van der Waals surface area contributed by atoms with Crippen LogP contribution in [0.5, 0.6) is 0 Å². The van der Waals surface area contributed by atoms with Crippen molar-refractivity contribution in [1.82, 2.24) is 0 Å². The van der Waals surface area contributed by atoms with E-state index in [9.17, 15) is 9.59 Å². The summed E-state index contributed by atoms with van der Waals surface area (Å²) >= 11 is 0. The van der Waals surface area contributed by atoms with Gasteiger partial charge in [0.2, 0.25) is 0 Å². The Morgan fingerprint density at radius 2 is 1.21 bits per heavy atom. The number of aryl methyl sites for hydroxylation is 6. The zero-order chi connectivity index (χ0) is 28.0. The number of ether oxygens (including phenoxy) is 2. The van der Waals surface area contributed by atoms with Gasteiger partial charge in [0.15, 0.2) is 5.76 Å². The third-order valence-electron chi connectivity index (χ3n) is 7.10. The molecule has 0 spiro atoms. The van der Waals surface area contributed by atoms with E-state index in [1.165, 1.54) is 7.11 Å².